The van der Waals surface area contributed by atoms with Crippen LogP contribution in [0.4, 0.5) is 0 Å². The highest BCUT2D eigenvalue weighted by Crippen LogP contribution is 2.30. The van der Waals surface area contributed by atoms with Crippen molar-refractivity contribution in [2.45, 2.75) is 38.3 Å². The van der Waals surface area contributed by atoms with Gasteiger partial charge in [-0.05, 0) is 24.8 Å². The summed E-state index contributed by atoms with van der Waals surface area (Å²) >= 11 is 0. The zero-order valence-corrected chi connectivity index (χ0v) is 8.24. The third-order valence-corrected chi connectivity index (χ3v) is 2.79. The first-order chi connectivity index (χ1) is 6.81. The number of terminal acetylenes is 1. The van der Waals surface area contributed by atoms with Crippen LogP contribution in [0.2, 0.25) is 0 Å². The van der Waals surface area contributed by atoms with E-state index in [1.165, 1.54) is 5.56 Å². The Morgan fingerprint density at radius 1 is 1.57 bits per heavy atom. The SMILES string of the molecule is C#CCCn1cc2c(c1)C(O)CCC2. The zero-order chi connectivity index (χ0) is 9.97. The molecule has 0 aliphatic heterocycles. The summed E-state index contributed by atoms with van der Waals surface area (Å²) in [5, 5.41) is 9.75. The van der Waals surface area contributed by atoms with Crippen LogP contribution in [-0.2, 0) is 13.0 Å². The number of aliphatic hydroxyl groups is 1. The number of nitrogens with zero attached hydrogens (tertiary/aromatic N) is 1. The fourth-order valence-corrected chi connectivity index (χ4v) is 2.05. The Bertz CT molecular complexity index is 359. The van der Waals surface area contributed by atoms with Crippen LogP contribution < -0.4 is 0 Å². The van der Waals surface area contributed by atoms with Crippen LogP contribution in [-0.4, -0.2) is 9.67 Å². The summed E-state index contributed by atoms with van der Waals surface area (Å²) in [7, 11) is 0. The summed E-state index contributed by atoms with van der Waals surface area (Å²) in [4.78, 5) is 0. The first kappa shape index (κ1) is 9.36. The van der Waals surface area contributed by atoms with Crippen molar-refractivity contribution in [1.29, 1.82) is 0 Å². The van der Waals surface area contributed by atoms with Crippen molar-refractivity contribution in [3.8, 4) is 12.3 Å². The van der Waals surface area contributed by atoms with E-state index in [-0.39, 0.29) is 6.10 Å². The molecule has 0 aromatic carbocycles. The van der Waals surface area contributed by atoms with Crippen LogP contribution >= 0.6 is 0 Å². The molecular formula is C12H15NO. The van der Waals surface area contributed by atoms with Gasteiger partial charge in [0.05, 0.1) is 6.10 Å². The molecule has 1 aliphatic carbocycles. The molecule has 0 bridgehead atoms. The number of aryl methyl sites for hydroxylation is 2. The van der Waals surface area contributed by atoms with Crippen LogP contribution in [0.5, 0.6) is 0 Å². The number of rotatable bonds is 2. The van der Waals surface area contributed by atoms with E-state index in [1.54, 1.807) is 0 Å². The lowest BCUT2D eigenvalue weighted by Gasteiger charge is -2.16. The van der Waals surface area contributed by atoms with E-state index in [4.69, 9.17) is 6.42 Å². The Morgan fingerprint density at radius 2 is 2.43 bits per heavy atom. The molecule has 0 spiro atoms. The summed E-state index contributed by atoms with van der Waals surface area (Å²) < 4.78 is 2.10. The predicted octanol–water partition coefficient (Wildman–Crippen LogP) is 1.88. The van der Waals surface area contributed by atoms with E-state index in [2.05, 4.69) is 16.7 Å². The Kier molecular flexibility index (Phi) is 2.60. The van der Waals surface area contributed by atoms with Crippen LogP contribution in [0.3, 0.4) is 0 Å². The van der Waals surface area contributed by atoms with Gasteiger partial charge in [0.2, 0.25) is 0 Å². The first-order valence-electron chi connectivity index (χ1n) is 5.11. The van der Waals surface area contributed by atoms with E-state index in [1.807, 2.05) is 6.20 Å². The summed E-state index contributed by atoms with van der Waals surface area (Å²) in [5.74, 6) is 2.62. The normalized spacial score (nSPS) is 20.1. The zero-order valence-electron chi connectivity index (χ0n) is 8.24. The molecule has 1 heterocycles. The Labute approximate surface area is 84.6 Å². The Balaban J connectivity index is 2.18. The summed E-state index contributed by atoms with van der Waals surface area (Å²) in [6, 6.07) is 0. The second kappa shape index (κ2) is 3.89. The average molecular weight is 189 g/mol. The molecule has 2 rings (SSSR count). The molecule has 0 saturated carbocycles. The number of hydrogen-bond donors (Lipinski definition) is 1. The van der Waals surface area contributed by atoms with Gasteiger partial charge in [-0.25, -0.2) is 0 Å². The molecule has 2 nitrogen and oxygen atoms in total. The van der Waals surface area contributed by atoms with Gasteiger partial charge in [0.15, 0.2) is 0 Å². The van der Waals surface area contributed by atoms with E-state index in [0.29, 0.717) is 0 Å². The van der Waals surface area contributed by atoms with E-state index >= 15 is 0 Å². The highest BCUT2D eigenvalue weighted by Gasteiger charge is 2.19. The molecule has 0 fully saturated rings. The largest absolute Gasteiger partial charge is 0.388 e. The van der Waals surface area contributed by atoms with Crippen molar-refractivity contribution < 1.29 is 5.11 Å². The maximum atomic E-state index is 9.75. The summed E-state index contributed by atoms with van der Waals surface area (Å²) in [6.45, 7) is 0.857. The summed E-state index contributed by atoms with van der Waals surface area (Å²) in [5.41, 5.74) is 2.40. The van der Waals surface area contributed by atoms with E-state index in [0.717, 1.165) is 37.8 Å². The molecule has 1 aromatic rings. The molecule has 14 heavy (non-hydrogen) atoms. The molecule has 2 heteroatoms. The van der Waals surface area contributed by atoms with Crippen molar-refractivity contribution in [1.82, 2.24) is 4.57 Å². The number of hydrogen-bond acceptors (Lipinski definition) is 1. The minimum atomic E-state index is -0.258. The minimum Gasteiger partial charge on any atom is -0.388 e. The van der Waals surface area contributed by atoms with Gasteiger partial charge in [-0.1, -0.05) is 0 Å². The van der Waals surface area contributed by atoms with Crippen molar-refractivity contribution in [2.75, 3.05) is 0 Å². The molecule has 1 atom stereocenters. The topological polar surface area (TPSA) is 25.2 Å². The van der Waals surface area contributed by atoms with Crippen LogP contribution in [0.25, 0.3) is 0 Å². The average Bonchev–Trinajstić information content (AvgIpc) is 2.59. The van der Waals surface area contributed by atoms with E-state index in [9.17, 15) is 5.11 Å². The maximum absolute atomic E-state index is 9.75. The molecule has 0 saturated heterocycles. The first-order valence-corrected chi connectivity index (χ1v) is 5.11. The second-order valence-corrected chi connectivity index (χ2v) is 3.84. The fraction of sp³-hybridized carbons (Fsp3) is 0.500. The maximum Gasteiger partial charge on any atom is 0.0807 e. The van der Waals surface area contributed by atoms with Crippen LogP contribution in [0.1, 0.15) is 36.5 Å². The molecule has 74 valence electrons. The van der Waals surface area contributed by atoms with E-state index < -0.39 is 0 Å². The lowest BCUT2D eigenvalue weighted by molar-refractivity contribution is 0.157. The van der Waals surface area contributed by atoms with Gasteiger partial charge >= 0.3 is 0 Å². The monoisotopic (exact) mass is 189 g/mol. The Morgan fingerprint density at radius 3 is 3.14 bits per heavy atom. The third kappa shape index (κ3) is 1.69. The molecule has 1 aromatic heterocycles. The van der Waals surface area contributed by atoms with Crippen molar-refractivity contribution >= 4 is 0 Å². The lowest BCUT2D eigenvalue weighted by Crippen LogP contribution is -2.05. The third-order valence-electron chi connectivity index (χ3n) is 2.79. The van der Waals surface area contributed by atoms with Crippen molar-refractivity contribution in [3.05, 3.63) is 23.5 Å². The van der Waals surface area contributed by atoms with Crippen LogP contribution in [0, 0.1) is 12.3 Å². The van der Waals surface area contributed by atoms with Gasteiger partial charge in [-0.15, -0.1) is 12.3 Å². The minimum absolute atomic E-state index is 0.258. The standard InChI is InChI=1S/C12H15NO/c1-2-3-7-13-8-10-5-4-6-12(14)11(10)9-13/h1,8-9,12,14H,3-7H2. The molecule has 1 aliphatic rings. The molecule has 0 amide bonds. The number of fused-ring (bicyclic) bond motifs is 1. The smallest absolute Gasteiger partial charge is 0.0807 e. The molecular weight excluding hydrogens is 174 g/mol. The van der Waals surface area contributed by atoms with Crippen LogP contribution in [0.15, 0.2) is 12.4 Å². The quantitative estimate of drug-likeness (QED) is 0.706. The summed E-state index contributed by atoms with van der Waals surface area (Å²) in [6.07, 6.45) is 12.9. The van der Waals surface area contributed by atoms with Crippen molar-refractivity contribution in [2.24, 2.45) is 0 Å². The van der Waals surface area contributed by atoms with Gasteiger partial charge in [-0.3, -0.25) is 0 Å². The number of aliphatic hydroxyl groups excluding tert-OH is 1. The van der Waals surface area contributed by atoms with Gasteiger partial charge in [0.25, 0.3) is 0 Å². The van der Waals surface area contributed by atoms with Gasteiger partial charge in [0.1, 0.15) is 0 Å². The van der Waals surface area contributed by atoms with Gasteiger partial charge in [-0.2, -0.15) is 0 Å². The lowest BCUT2D eigenvalue weighted by atomic mass is 9.93. The van der Waals surface area contributed by atoms with Crippen molar-refractivity contribution in [3.63, 3.8) is 0 Å². The van der Waals surface area contributed by atoms with Gasteiger partial charge in [0, 0.05) is 30.9 Å². The van der Waals surface area contributed by atoms with Gasteiger partial charge < -0.3 is 9.67 Å². The Hall–Kier alpha value is -1.20. The molecule has 1 N–H and O–H groups in total. The predicted molar refractivity (Wildman–Crippen MR) is 55.8 cm³/mol. The molecule has 1 unspecified atom stereocenters. The number of aromatic nitrogens is 1. The molecule has 0 radical (unpaired) electrons. The second-order valence-electron chi connectivity index (χ2n) is 3.84. The highest BCUT2D eigenvalue weighted by molar-refractivity contribution is 5.29. The fourth-order valence-electron chi connectivity index (χ4n) is 2.05. The highest BCUT2D eigenvalue weighted by atomic mass is 16.3.